The molecule has 0 amide bonds. The van der Waals surface area contributed by atoms with Crippen LogP contribution in [0, 0.1) is 0 Å². The van der Waals surface area contributed by atoms with Crippen LogP contribution in [0.2, 0.25) is 0 Å². The summed E-state index contributed by atoms with van der Waals surface area (Å²) < 4.78 is 19.1. The fourth-order valence-electron chi connectivity index (χ4n) is 1.22. The summed E-state index contributed by atoms with van der Waals surface area (Å²) in [5.74, 6) is -2.60. The van der Waals surface area contributed by atoms with E-state index in [0.29, 0.717) is 11.3 Å². The van der Waals surface area contributed by atoms with Gasteiger partial charge in [0.2, 0.25) is 0 Å². The first kappa shape index (κ1) is 15.4. The Kier molecular flexibility index (Phi) is 5.52. The molecule has 0 heterocycles. The predicted octanol–water partition coefficient (Wildman–Crippen LogP) is 0.352. The molecule has 0 spiro atoms. The number of nitrogens with two attached hydrogens (primary N) is 1. The molecule has 0 saturated heterocycles. The van der Waals surface area contributed by atoms with E-state index in [2.05, 4.69) is 9.05 Å². The first-order valence-electron chi connectivity index (χ1n) is 4.60. The molecule has 0 fully saturated rings. The number of nitrogen functional groups attached to an aromatic ring is 1. The lowest BCUT2D eigenvalue weighted by Crippen LogP contribution is -2.34. The number of hydrogen-bond acceptors (Lipinski definition) is 7. The number of benzene rings is 1. The summed E-state index contributed by atoms with van der Waals surface area (Å²) in [7, 11) is -6.14. The van der Waals surface area contributed by atoms with Crippen molar-refractivity contribution in [1.82, 2.24) is 0 Å². The summed E-state index contributed by atoms with van der Waals surface area (Å²) in [6.07, 6.45) is -0.380. The SMILES string of the molecule is Nc1ccc(CC(O)(OP(O)O)O[P+](=O)O)cc1. The second-order valence-electron chi connectivity index (χ2n) is 3.30. The van der Waals surface area contributed by atoms with E-state index in [1.807, 2.05) is 0 Å². The molecular weight excluding hydrogens is 284 g/mol. The molecule has 2 unspecified atom stereocenters. The van der Waals surface area contributed by atoms with Crippen LogP contribution in [0.15, 0.2) is 24.3 Å². The summed E-state index contributed by atoms with van der Waals surface area (Å²) in [4.78, 5) is 26.0. The van der Waals surface area contributed by atoms with Gasteiger partial charge in [-0.1, -0.05) is 16.7 Å². The third-order valence-electron chi connectivity index (χ3n) is 1.85. The lowest BCUT2D eigenvalue weighted by atomic mass is 10.1. The van der Waals surface area contributed by atoms with Crippen molar-refractivity contribution in [3.8, 4) is 0 Å². The Hall–Kier alpha value is -0.690. The monoisotopic (exact) mass is 296 g/mol. The highest BCUT2D eigenvalue weighted by Crippen LogP contribution is 2.38. The smallest absolute Gasteiger partial charge is 0.399 e. The second-order valence-corrected chi connectivity index (χ2v) is 4.65. The first-order valence-corrected chi connectivity index (χ1v) is 6.89. The van der Waals surface area contributed by atoms with E-state index in [4.69, 9.17) is 20.4 Å². The third-order valence-corrected chi connectivity index (χ3v) is 2.74. The van der Waals surface area contributed by atoms with E-state index in [1.165, 1.54) is 24.3 Å². The van der Waals surface area contributed by atoms with Gasteiger partial charge in [0, 0.05) is 10.3 Å². The highest BCUT2D eigenvalue weighted by molar-refractivity contribution is 7.39. The average Bonchev–Trinajstić information content (AvgIpc) is 2.18. The van der Waals surface area contributed by atoms with Crippen LogP contribution in [0.5, 0.6) is 0 Å². The van der Waals surface area contributed by atoms with Crippen molar-refractivity contribution in [3.63, 3.8) is 0 Å². The molecule has 0 radical (unpaired) electrons. The van der Waals surface area contributed by atoms with Crippen LogP contribution in [0.4, 0.5) is 5.69 Å². The van der Waals surface area contributed by atoms with Crippen molar-refractivity contribution in [2.24, 2.45) is 0 Å². The van der Waals surface area contributed by atoms with Gasteiger partial charge in [-0.25, -0.2) is 0 Å². The van der Waals surface area contributed by atoms with Gasteiger partial charge in [-0.15, -0.1) is 4.89 Å². The zero-order chi connectivity index (χ0) is 13.8. The number of anilines is 1. The van der Waals surface area contributed by atoms with Crippen molar-refractivity contribution in [3.05, 3.63) is 29.8 Å². The fraction of sp³-hybridized carbons (Fsp3) is 0.250. The Balaban J connectivity index is 2.83. The zero-order valence-corrected chi connectivity index (χ0v) is 10.8. The van der Waals surface area contributed by atoms with Crippen molar-refractivity contribution < 1.29 is 33.4 Å². The van der Waals surface area contributed by atoms with Crippen LogP contribution in [-0.4, -0.2) is 25.8 Å². The molecule has 1 aromatic carbocycles. The minimum Gasteiger partial charge on any atom is -0.399 e. The zero-order valence-electron chi connectivity index (χ0n) is 9.00. The minimum absolute atomic E-state index is 0.380. The van der Waals surface area contributed by atoms with Gasteiger partial charge in [-0.2, -0.15) is 0 Å². The summed E-state index contributed by atoms with van der Waals surface area (Å²) in [6.45, 7) is 0. The number of aliphatic hydroxyl groups is 1. The predicted molar refractivity (Wildman–Crippen MR) is 62.9 cm³/mol. The highest BCUT2D eigenvalue weighted by Gasteiger charge is 2.42. The maximum atomic E-state index is 10.6. The van der Waals surface area contributed by atoms with Crippen molar-refractivity contribution >= 4 is 22.5 Å². The van der Waals surface area contributed by atoms with E-state index in [0.717, 1.165) is 0 Å². The van der Waals surface area contributed by atoms with Gasteiger partial charge in [0.25, 0.3) is 0 Å². The summed E-state index contributed by atoms with van der Waals surface area (Å²) >= 11 is 0. The van der Waals surface area contributed by atoms with Crippen LogP contribution in [0.25, 0.3) is 0 Å². The van der Waals surface area contributed by atoms with E-state index in [-0.39, 0.29) is 6.42 Å². The summed E-state index contributed by atoms with van der Waals surface area (Å²) in [5, 5.41) is 9.75. The van der Waals surface area contributed by atoms with Gasteiger partial charge in [-0.05, 0) is 17.7 Å². The molecule has 0 aromatic heterocycles. The van der Waals surface area contributed by atoms with Crippen LogP contribution in [-0.2, 0) is 20.0 Å². The van der Waals surface area contributed by atoms with Crippen molar-refractivity contribution in [2.45, 2.75) is 12.4 Å². The first-order chi connectivity index (χ1) is 8.31. The Labute approximate surface area is 105 Å². The summed E-state index contributed by atoms with van der Waals surface area (Å²) in [5.41, 5.74) is 6.41. The molecule has 1 aromatic rings. The quantitative estimate of drug-likeness (QED) is 0.287. The molecule has 8 nitrogen and oxygen atoms in total. The molecule has 10 heteroatoms. The van der Waals surface area contributed by atoms with Gasteiger partial charge < -0.3 is 20.6 Å². The molecule has 0 saturated carbocycles. The van der Waals surface area contributed by atoms with Gasteiger partial charge >= 0.3 is 22.8 Å². The van der Waals surface area contributed by atoms with Crippen molar-refractivity contribution in [2.75, 3.05) is 5.73 Å². The van der Waals surface area contributed by atoms with Crippen molar-refractivity contribution in [1.29, 1.82) is 0 Å². The van der Waals surface area contributed by atoms with E-state index in [9.17, 15) is 9.67 Å². The fourth-order valence-corrected chi connectivity index (χ4v) is 1.99. The molecular formula is C8H12NO7P2+. The Morgan fingerprint density at radius 3 is 2.33 bits per heavy atom. The van der Waals surface area contributed by atoms with Gasteiger partial charge in [0.15, 0.2) is 0 Å². The van der Waals surface area contributed by atoms with Crippen LogP contribution in [0.3, 0.4) is 0 Å². The normalized spacial score (nSPS) is 15.5. The number of rotatable bonds is 6. The molecule has 1 rings (SSSR count). The lowest BCUT2D eigenvalue weighted by molar-refractivity contribution is -0.274. The van der Waals surface area contributed by atoms with Crippen LogP contribution >= 0.6 is 16.9 Å². The van der Waals surface area contributed by atoms with E-state index in [1.54, 1.807) is 0 Å². The Morgan fingerprint density at radius 1 is 1.33 bits per heavy atom. The second kappa shape index (κ2) is 6.47. The molecule has 100 valence electrons. The van der Waals surface area contributed by atoms with Gasteiger partial charge in [0.05, 0.1) is 6.42 Å². The van der Waals surface area contributed by atoms with Gasteiger partial charge in [-0.3, -0.25) is 4.52 Å². The number of hydrogen-bond donors (Lipinski definition) is 5. The van der Waals surface area contributed by atoms with Gasteiger partial charge in [0.1, 0.15) is 0 Å². The van der Waals surface area contributed by atoms with E-state index >= 15 is 0 Å². The largest absolute Gasteiger partial charge is 0.700 e. The molecule has 18 heavy (non-hydrogen) atoms. The highest BCUT2D eigenvalue weighted by atomic mass is 31.2. The maximum Gasteiger partial charge on any atom is 0.700 e. The third kappa shape index (κ3) is 5.30. The Bertz CT molecular complexity index is 412. The molecule has 0 aliphatic rings. The lowest BCUT2D eigenvalue weighted by Gasteiger charge is -2.21. The molecule has 0 aliphatic carbocycles. The maximum absolute atomic E-state index is 10.6. The average molecular weight is 296 g/mol. The molecule has 2 atom stereocenters. The molecule has 0 bridgehead atoms. The van der Waals surface area contributed by atoms with Crippen LogP contribution in [0.1, 0.15) is 5.56 Å². The summed E-state index contributed by atoms with van der Waals surface area (Å²) in [6, 6.07) is 6.12. The molecule has 6 N–H and O–H groups in total. The standard InChI is InChI=1S/C8H11NO7P2/c9-7-3-1-6(2-4-7)5-8(10,15-17(11)12)16-18(13)14/h1-4,10-12H,5,9H2/p+1. The minimum atomic E-state index is -3.18. The molecule has 0 aliphatic heterocycles. The van der Waals surface area contributed by atoms with Crippen LogP contribution < -0.4 is 5.73 Å². The Morgan fingerprint density at radius 2 is 1.89 bits per heavy atom. The van der Waals surface area contributed by atoms with E-state index < -0.39 is 22.8 Å². The topological polar surface area (TPSA) is 142 Å².